The smallest absolute Gasteiger partial charge is 0.301 e. The van der Waals surface area contributed by atoms with E-state index in [1.54, 1.807) is 57.7 Å². The van der Waals surface area contributed by atoms with E-state index in [1.807, 2.05) is 54.6 Å². The van der Waals surface area contributed by atoms with E-state index in [0.29, 0.717) is 104 Å². The van der Waals surface area contributed by atoms with Crippen LogP contribution < -0.4 is 59.1 Å². The van der Waals surface area contributed by atoms with Crippen molar-refractivity contribution < 1.29 is 98.7 Å². The summed E-state index contributed by atoms with van der Waals surface area (Å²) >= 11 is 0. The van der Waals surface area contributed by atoms with Crippen molar-refractivity contribution in [2.24, 2.45) is 0 Å². The third-order valence-electron chi connectivity index (χ3n) is 25.8. The molecule has 141 heavy (non-hydrogen) atoms. The van der Waals surface area contributed by atoms with Crippen LogP contribution in [0, 0.1) is 34.0 Å². The Kier molecular flexibility index (Phi) is 31.4. The molecule has 6 N–H and O–H groups in total. The Hall–Kier alpha value is -14.0. The number of aromatic nitrogens is 9. The zero-order chi connectivity index (χ0) is 99.4. The van der Waals surface area contributed by atoms with Gasteiger partial charge in [0.2, 0.25) is 17.6 Å². The number of halogens is 6. The van der Waals surface area contributed by atoms with Gasteiger partial charge in [-0.05, 0) is 112 Å². The van der Waals surface area contributed by atoms with Crippen LogP contribution >= 0.6 is 0 Å². The number of nitrogens with zero attached hydrogens (tertiary/aromatic N) is 21. The Morgan fingerprint density at radius 2 is 0.638 bits per heavy atom. The molecule has 9 aliphatic rings. The maximum Gasteiger partial charge on any atom is 0.301 e. The summed E-state index contributed by atoms with van der Waals surface area (Å²) in [4.78, 5) is 92.8. The van der Waals surface area contributed by atoms with Crippen LogP contribution in [0.1, 0.15) is 56.7 Å². The number of nitrogens with one attached hydrogen (secondary N) is 3. The number of alkyl halides is 6. The van der Waals surface area contributed by atoms with Gasteiger partial charge in [-0.2, -0.15) is 30.7 Å². The molecule has 744 valence electrons. The zero-order valence-corrected chi connectivity index (χ0v) is 78.3. The zero-order valence-electron chi connectivity index (χ0n) is 78.3. The second-order valence-corrected chi connectivity index (χ2v) is 35.3. The molecule has 9 aliphatic heterocycles. The predicted molar refractivity (Wildman–Crippen MR) is 501 cm³/mol. The van der Waals surface area contributed by atoms with Crippen LogP contribution in [-0.2, 0) is 28.6 Å². The van der Waals surface area contributed by atoms with Crippen LogP contribution in [0.25, 0.3) is 33.8 Å². The molecule has 39 nitrogen and oxygen atoms in total. The van der Waals surface area contributed by atoms with E-state index in [9.17, 15) is 71.8 Å². The summed E-state index contributed by atoms with van der Waals surface area (Å²) in [5, 5.41) is 67.5. The Labute approximate surface area is 808 Å². The number of rotatable bonds is 27. The van der Waals surface area contributed by atoms with E-state index in [1.165, 1.54) is 76.2 Å². The summed E-state index contributed by atoms with van der Waals surface area (Å²) in [5.74, 6) is -8.06. The molecule has 6 aromatic heterocycles. The summed E-state index contributed by atoms with van der Waals surface area (Å²) in [5.41, 5.74) is 6.01. The monoisotopic (exact) mass is 1950 g/mol. The lowest BCUT2D eigenvalue weighted by molar-refractivity contribution is -0.165. The normalized spacial score (nSPS) is 20.6. The number of benzene rings is 3. The van der Waals surface area contributed by atoms with Gasteiger partial charge in [0.05, 0.1) is 133 Å². The van der Waals surface area contributed by atoms with Crippen LogP contribution in [0.2, 0.25) is 0 Å². The molecule has 15 heterocycles. The molecular formula is C96H108F6N24O15. The largest absolute Gasteiger partial charge is 0.483 e. The van der Waals surface area contributed by atoms with Crippen LogP contribution in [0.4, 0.5) is 78.3 Å². The molecule has 9 saturated heterocycles. The molecule has 3 amide bonds. The Bertz CT molecular complexity index is 5500. The number of piperazine rings is 3. The summed E-state index contributed by atoms with van der Waals surface area (Å²) in [7, 11) is 4.76. The molecule has 9 aromatic rings. The van der Waals surface area contributed by atoms with Gasteiger partial charge in [-0.1, -0.05) is 0 Å². The van der Waals surface area contributed by atoms with E-state index < -0.39 is 91.7 Å². The number of carbonyl (C=O) groups excluding carboxylic acids is 3. The number of methoxy groups -OCH3 is 3. The molecular weight excluding hydrogens is 1840 g/mol. The number of anilines is 9. The fourth-order valence-corrected chi connectivity index (χ4v) is 17.8. The first kappa shape index (κ1) is 100. The van der Waals surface area contributed by atoms with Crippen LogP contribution in [0.3, 0.4) is 0 Å². The minimum absolute atomic E-state index is 0.00140. The molecule has 6 atom stereocenters. The quantitative estimate of drug-likeness (QED) is 0.0265. The molecule has 18 rings (SSSR count). The number of likely N-dealkylation sites (tertiary alicyclic amines) is 3. The topological polar surface area (TPSA) is 448 Å². The highest BCUT2D eigenvalue weighted by atomic mass is 19.3. The molecule has 45 heteroatoms. The lowest BCUT2D eigenvalue weighted by Gasteiger charge is -2.43. The summed E-state index contributed by atoms with van der Waals surface area (Å²) in [6.07, 6.45) is -5.13. The molecule has 0 bridgehead atoms. The fourth-order valence-electron chi connectivity index (χ4n) is 17.8. The molecule has 0 saturated carbocycles. The lowest BCUT2D eigenvalue weighted by Crippen LogP contribution is -2.56. The van der Waals surface area contributed by atoms with Crippen molar-refractivity contribution in [1.29, 1.82) is 15.8 Å². The van der Waals surface area contributed by atoms with Gasteiger partial charge in [0.15, 0.2) is 18.3 Å². The van der Waals surface area contributed by atoms with Crippen LogP contribution in [-0.4, -0.2) is 359 Å². The average molecular weight is 1950 g/mol. The number of piperidine rings is 3. The SMILES string of the molecule is COc1nc(Nc2cc(-c3ccc(OC4CCN(C(=O)[C@H](C)O)CC4(F)F)c(C#N)c3)ncn2)ccc1N1CCN(C2COC2)CC1.COc1nc(Nc2cc(-c3ccc(O[C@@H]4CCN(C(=O)[C@H](C)O)CC4(F)F)c(C#N)c3)ncn2)ccc1N1CCN(C2COC2)CC1.COc1nc(Nc2cc(-c3ccc(O[C@H]4CCN(C(=O)[C@H](C)O)CC4(F)F)c(C#N)c3)ncn2)ccc1N1CCN(C2COC2)CC1. The minimum atomic E-state index is -3.38. The van der Waals surface area contributed by atoms with Crippen LogP contribution in [0.15, 0.2) is 128 Å². The number of nitriles is 3. The van der Waals surface area contributed by atoms with Gasteiger partial charge >= 0.3 is 17.8 Å². The first-order valence-corrected chi connectivity index (χ1v) is 46.2. The van der Waals surface area contributed by atoms with Gasteiger partial charge in [0.25, 0.3) is 17.7 Å². The van der Waals surface area contributed by atoms with Crippen molar-refractivity contribution in [3.05, 3.63) is 145 Å². The molecule has 9 fully saturated rings. The van der Waals surface area contributed by atoms with E-state index in [0.717, 1.165) is 150 Å². The first-order chi connectivity index (χ1) is 67.9. The van der Waals surface area contributed by atoms with E-state index >= 15 is 0 Å². The number of carbonyl (C=O) groups is 3. The maximum absolute atomic E-state index is 14.9. The van der Waals surface area contributed by atoms with Crippen molar-refractivity contribution in [3.63, 3.8) is 0 Å². The van der Waals surface area contributed by atoms with Gasteiger partial charge in [0, 0.05) is 152 Å². The molecule has 0 aliphatic carbocycles. The van der Waals surface area contributed by atoms with Gasteiger partial charge in [0.1, 0.15) is 125 Å². The maximum atomic E-state index is 14.9. The van der Waals surface area contributed by atoms with E-state index in [2.05, 4.69) is 90.2 Å². The number of hydrogen-bond donors (Lipinski definition) is 6. The van der Waals surface area contributed by atoms with Gasteiger partial charge in [-0.25, -0.2) is 56.2 Å². The lowest BCUT2D eigenvalue weighted by atomic mass is 10.0. The summed E-state index contributed by atoms with van der Waals surface area (Å²) in [6, 6.07) is 37.9. The molecule has 3 aromatic carbocycles. The number of ether oxygens (including phenoxy) is 9. The Morgan fingerprint density at radius 3 is 0.858 bits per heavy atom. The highest BCUT2D eigenvalue weighted by Gasteiger charge is 2.52. The Morgan fingerprint density at radius 1 is 0.376 bits per heavy atom. The predicted octanol–water partition coefficient (Wildman–Crippen LogP) is 8.04. The number of pyridine rings is 3. The summed E-state index contributed by atoms with van der Waals surface area (Å²) in [6.45, 7) is 16.7. The third-order valence-corrected chi connectivity index (χ3v) is 25.8. The first-order valence-electron chi connectivity index (χ1n) is 46.2. The van der Waals surface area contributed by atoms with Crippen molar-refractivity contribution >= 4 is 69.7 Å². The van der Waals surface area contributed by atoms with Crippen LogP contribution in [0.5, 0.6) is 34.9 Å². The number of aliphatic hydroxyl groups excluding tert-OH is 3. The molecule has 0 radical (unpaired) electrons. The standard InChI is InChI=1S/3C32H36F2N8O5/c3*1-20(43)31(44)42-8-7-27(32(33,34)18-42)47-26-5-3-21(13-22(26)15-35)24-14-29(37-19-36-24)38-28-6-4-25(30(39-28)45-2)41-11-9-40(10-12-41)23-16-46-17-23/h3*3-6,13-14,19-20,23,27,43H,7-12,16-18H2,1-2H3,(H,36,37,38,39)/t20-,27?;20-,27+;20-,27-/m000/s1. The van der Waals surface area contributed by atoms with Crippen molar-refractivity contribution in [2.45, 2.75) is 113 Å². The Balaban J connectivity index is 0.000000152. The van der Waals surface area contributed by atoms with Crippen molar-refractivity contribution in [2.75, 3.05) is 209 Å². The second kappa shape index (κ2) is 44.3. The van der Waals surface area contributed by atoms with Gasteiger partial charge in [-0.15, -0.1) is 0 Å². The van der Waals surface area contributed by atoms with Gasteiger partial charge < -0.3 is 103 Å². The third kappa shape index (κ3) is 23.7. The van der Waals surface area contributed by atoms with E-state index in [-0.39, 0.29) is 72.8 Å². The second-order valence-electron chi connectivity index (χ2n) is 35.3. The number of aliphatic hydroxyl groups is 3. The highest BCUT2D eigenvalue weighted by Crippen LogP contribution is 2.42. The number of hydrogen-bond acceptors (Lipinski definition) is 36. The molecule has 0 spiro atoms. The minimum Gasteiger partial charge on any atom is -0.483 e. The van der Waals surface area contributed by atoms with Crippen molar-refractivity contribution in [1.82, 2.24) is 74.3 Å². The van der Waals surface area contributed by atoms with E-state index in [4.69, 9.17) is 42.6 Å². The fraction of sp³-hybridized carbons (Fsp3) is 0.469. The number of amides is 3. The average Bonchev–Trinajstić information content (AvgIpc) is 0.814. The summed E-state index contributed by atoms with van der Waals surface area (Å²) < 4.78 is 139. The van der Waals surface area contributed by atoms with Gasteiger partial charge in [-0.3, -0.25) is 29.1 Å². The van der Waals surface area contributed by atoms with Crippen molar-refractivity contribution in [3.8, 4) is 86.9 Å². The highest BCUT2D eigenvalue weighted by molar-refractivity contribution is 5.82. The molecule has 1 unspecified atom stereocenters.